The minimum atomic E-state index is -0.212. The highest BCUT2D eigenvalue weighted by Gasteiger charge is 2.43. The van der Waals surface area contributed by atoms with Gasteiger partial charge in [0, 0.05) is 29.7 Å². The number of guanidine groups is 1. The van der Waals surface area contributed by atoms with Crippen molar-refractivity contribution in [1.82, 2.24) is 10.2 Å². The van der Waals surface area contributed by atoms with Crippen LogP contribution >= 0.6 is 11.6 Å². The van der Waals surface area contributed by atoms with Gasteiger partial charge in [-0.15, -0.1) is 0 Å². The Hall–Kier alpha value is -1.79. The maximum absolute atomic E-state index is 6.12. The molecule has 3 heterocycles. The second kappa shape index (κ2) is 5.69. The highest BCUT2D eigenvalue weighted by molar-refractivity contribution is 6.30. The van der Waals surface area contributed by atoms with Crippen molar-refractivity contribution in [3.8, 4) is 5.75 Å². The van der Waals surface area contributed by atoms with E-state index in [2.05, 4.69) is 27.1 Å². The molecule has 0 radical (unpaired) electrons. The van der Waals surface area contributed by atoms with Crippen LogP contribution in [-0.2, 0) is 0 Å². The van der Waals surface area contributed by atoms with Crippen LogP contribution in [0.2, 0.25) is 5.02 Å². The van der Waals surface area contributed by atoms with E-state index < -0.39 is 0 Å². The summed E-state index contributed by atoms with van der Waals surface area (Å²) in [5.41, 5.74) is 6.96. The zero-order chi connectivity index (χ0) is 16.0. The Morgan fingerprint density at radius 2 is 2.35 bits per heavy atom. The van der Waals surface area contributed by atoms with Crippen LogP contribution in [0.4, 0.5) is 0 Å². The largest absolute Gasteiger partial charge is 0.479 e. The van der Waals surface area contributed by atoms with Gasteiger partial charge in [-0.2, -0.15) is 4.99 Å². The molecule has 6 nitrogen and oxygen atoms in total. The minimum Gasteiger partial charge on any atom is -0.479 e. The number of rotatable bonds is 2. The molecule has 1 aromatic rings. The number of hydrogen-bond acceptors (Lipinski definition) is 6. The number of benzene rings is 1. The van der Waals surface area contributed by atoms with E-state index in [0.717, 1.165) is 43.2 Å². The second-order valence-electron chi connectivity index (χ2n) is 6.11. The fourth-order valence-electron chi connectivity index (χ4n) is 3.58. The van der Waals surface area contributed by atoms with Crippen molar-refractivity contribution >= 4 is 23.4 Å². The Labute approximate surface area is 140 Å². The van der Waals surface area contributed by atoms with Gasteiger partial charge in [0.1, 0.15) is 11.8 Å². The van der Waals surface area contributed by atoms with Crippen LogP contribution in [0.1, 0.15) is 24.9 Å². The van der Waals surface area contributed by atoms with Gasteiger partial charge in [0.2, 0.25) is 5.96 Å². The maximum Gasteiger partial charge on any atom is 0.217 e. The summed E-state index contributed by atoms with van der Waals surface area (Å²) in [5, 5.41) is 4.17. The van der Waals surface area contributed by atoms with Crippen LogP contribution in [0.5, 0.6) is 5.75 Å². The number of aliphatic imine (C=N–C) groups is 2. The summed E-state index contributed by atoms with van der Waals surface area (Å²) in [4.78, 5) is 11.2. The zero-order valence-electron chi connectivity index (χ0n) is 13.0. The number of amidine groups is 1. The monoisotopic (exact) mass is 333 g/mol. The van der Waals surface area contributed by atoms with Gasteiger partial charge in [0.05, 0.1) is 0 Å². The first-order valence-electron chi connectivity index (χ1n) is 8.02. The molecule has 0 amide bonds. The molecule has 1 aromatic carbocycles. The van der Waals surface area contributed by atoms with Crippen LogP contribution < -0.4 is 15.8 Å². The van der Waals surface area contributed by atoms with Crippen molar-refractivity contribution in [2.45, 2.75) is 31.5 Å². The third-order valence-electron chi connectivity index (χ3n) is 4.59. The summed E-state index contributed by atoms with van der Waals surface area (Å²) in [5.74, 6) is 2.01. The van der Waals surface area contributed by atoms with Crippen LogP contribution in [0.3, 0.4) is 0 Å². The van der Waals surface area contributed by atoms with Crippen molar-refractivity contribution in [3.63, 3.8) is 0 Å². The Morgan fingerprint density at radius 1 is 1.48 bits per heavy atom. The van der Waals surface area contributed by atoms with Crippen molar-refractivity contribution < 1.29 is 4.74 Å². The predicted molar refractivity (Wildman–Crippen MR) is 91.3 cm³/mol. The molecule has 0 spiro atoms. The molecule has 0 aromatic heterocycles. The zero-order valence-corrected chi connectivity index (χ0v) is 13.8. The summed E-state index contributed by atoms with van der Waals surface area (Å²) in [6.07, 6.45) is 0.885. The van der Waals surface area contributed by atoms with Gasteiger partial charge < -0.3 is 20.7 Å². The third kappa shape index (κ3) is 2.56. The molecule has 0 bridgehead atoms. The Morgan fingerprint density at radius 3 is 3.17 bits per heavy atom. The van der Waals surface area contributed by atoms with E-state index in [1.165, 1.54) is 0 Å². The molecule has 0 saturated carbocycles. The molecule has 122 valence electrons. The molecule has 2 unspecified atom stereocenters. The lowest BCUT2D eigenvalue weighted by Gasteiger charge is -2.29. The van der Waals surface area contributed by atoms with Crippen LogP contribution in [-0.4, -0.2) is 48.5 Å². The lowest BCUT2D eigenvalue weighted by atomic mass is 10.0. The van der Waals surface area contributed by atoms with Crippen LogP contribution in [0.15, 0.2) is 28.2 Å². The van der Waals surface area contributed by atoms with Crippen molar-refractivity contribution in [2.24, 2.45) is 15.7 Å². The SMILES string of the molecule is CCN[C@@H]1CCN(C2=NC(N)=NC3c4cc(Cl)ccc4OC23)C1. The van der Waals surface area contributed by atoms with E-state index in [-0.39, 0.29) is 12.1 Å². The molecular weight excluding hydrogens is 314 g/mol. The smallest absolute Gasteiger partial charge is 0.217 e. The Bertz CT molecular complexity index is 689. The van der Waals surface area contributed by atoms with Gasteiger partial charge in [-0.25, -0.2) is 4.99 Å². The van der Waals surface area contributed by atoms with Gasteiger partial charge >= 0.3 is 0 Å². The Kier molecular flexibility index (Phi) is 3.66. The van der Waals surface area contributed by atoms with Gasteiger partial charge in [0.25, 0.3) is 0 Å². The summed E-state index contributed by atoms with van der Waals surface area (Å²) < 4.78 is 6.12. The van der Waals surface area contributed by atoms with E-state index in [9.17, 15) is 0 Å². The van der Waals surface area contributed by atoms with E-state index in [1.807, 2.05) is 18.2 Å². The second-order valence-corrected chi connectivity index (χ2v) is 6.55. The summed E-state index contributed by atoms with van der Waals surface area (Å²) in [6, 6.07) is 5.96. The first kappa shape index (κ1) is 14.8. The number of fused-ring (bicyclic) bond motifs is 3. The molecule has 1 saturated heterocycles. The van der Waals surface area contributed by atoms with Gasteiger partial charge in [-0.3, -0.25) is 0 Å². The number of likely N-dealkylation sites (tertiary alicyclic amines) is 1. The molecule has 3 aliphatic rings. The third-order valence-corrected chi connectivity index (χ3v) is 4.83. The molecular formula is C16H20ClN5O. The lowest BCUT2D eigenvalue weighted by Crippen LogP contribution is -2.46. The fraction of sp³-hybridized carbons (Fsp3) is 0.500. The first-order chi connectivity index (χ1) is 11.2. The molecule has 7 heteroatoms. The van der Waals surface area contributed by atoms with Crippen LogP contribution in [0.25, 0.3) is 0 Å². The van der Waals surface area contributed by atoms with Crippen molar-refractivity contribution in [1.29, 1.82) is 0 Å². The predicted octanol–water partition coefficient (Wildman–Crippen LogP) is 1.55. The number of likely N-dealkylation sites (N-methyl/N-ethyl adjacent to an activating group) is 1. The molecule has 0 aliphatic carbocycles. The topological polar surface area (TPSA) is 75.2 Å². The average molecular weight is 334 g/mol. The number of hydrogen-bond donors (Lipinski definition) is 2. The van der Waals surface area contributed by atoms with Crippen LogP contribution in [0, 0.1) is 0 Å². The number of nitrogens with one attached hydrogen (secondary N) is 1. The van der Waals surface area contributed by atoms with E-state index in [1.54, 1.807) is 0 Å². The molecule has 23 heavy (non-hydrogen) atoms. The number of nitrogens with two attached hydrogens (primary N) is 1. The number of nitrogens with zero attached hydrogens (tertiary/aromatic N) is 3. The summed E-state index contributed by atoms with van der Waals surface area (Å²) >= 11 is 6.12. The highest BCUT2D eigenvalue weighted by atomic mass is 35.5. The van der Waals surface area contributed by atoms with E-state index >= 15 is 0 Å². The molecule has 3 atom stereocenters. The van der Waals surface area contributed by atoms with E-state index in [4.69, 9.17) is 22.1 Å². The van der Waals surface area contributed by atoms with Gasteiger partial charge in [-0.1, -0.05) is 18.5 Å². The summed E-state index contributed by atoms with van der Waals surface area (Å²) in [7, 11) is 0. The van der Waals surface area contributed by atoms with Gasteiger partial charge in [-0.05, 0) is 31.2 Å². The lowest BCUT2D eigenvalue weighted by molar-refractivity contribution is 0.252. The summed E-state index contributed by atoms with van der Waals surface area (Å²) in [6.45, 7) is 4.97. The molecule has 3 aliphatic heterocycles. The Balaban J connectivity index is 1.62. The van der Waals surface area contributed by atoms with Crippen molar-refractivity contribution in [2.75, 3.05) is 19.6 Å². The molecule has 3 N–H and O–H groups in total. The number of halogens is 1. The highest BCUT2D eigenvalue weighted by Crippen LogP contribution is 2.42. The standard InChI is InChI=1S/C16H20ClN5O/c1-2-19-10-5-6-22(8-10)15-14-13(20-16(18)21-15)11-7-9(17)3-4-12(11)23-14/h3-4,7,10,13-14,19H,2,5-6,8H2,1H3,(H2,18,20)/t10-,13?,14?/m1/s1. The van der Waals surface area contributed by atoms with Gasteiger partial charge in [0.15, 0.2) is 11.9 Å². The molecule has 4 rings (SSSR count). The quantitative estimate of drug-likeness (QED) is 0.861. The fourth-order valence-corrected chi connectivity index (χ4v) is 3.76. The maximum atomic E-state index is 6.12. The number of ether oxygens (including phenoxy) is 1. The van der Waals surface area contributed by atoms with E-state index in [0.29, 0.717) is 17.0 Å². The minimum absolute atomic E-state index is 0.158. The molecule has 1 fully saturated rings. The average Bonchev–Trinajstić information content (AvgIpc) is 3.12. The normalized spacial score (nSPS) is 28.8. The van der Waals surface area contributed by atoms with Crippen molar-refractivity contribution in [3.05, 3.63) is 28.8 Å². The first-order valence-corrected chi connectivity index (χ1v) is 8.40.